The van der Waals surface area contributed by atoms with E-state index in [1.54, 1.807) is 42.5 Å². The Bertz CT molecular complexity index is 1150. The third-order valence-electron chi connectivity index (χ3n) is 4.53. The summed E-state index contributed by atoms with van der Waals surface area (Å²) in [5.41, 5.74) is 1.45. The number of rotatable bonds is 5. The fourth-order valence-corrected chi connectivity index (χ4v) is 4.09. The number of sulfonamides is 1. The van der Waals surface area contributed by atoms with Gasteiger partial charge < -0.3 is 14.8 Å². The molecule has 0 saturated carbocycles. The Kier molecular flexibility index (Phi) is 4.85. The summed E-state index contributed by atoms with van der Waals surface area (Å²) in [5, 5.41) is 2.76. The number of carbonyl (C=O) groups excluding carboxylic acids is 1. The van der Waals surface area contributed by atoms with Crippen LogP contribution in [0.2, 0.25) is 0 Å². The first-order chi connectivity index (χ1) is 13.9. The minimum absolute atomic E-state index is 0.100. The number of hydrogen-bond acceptors (Lipinski definition) is 5. The highest BCUT2D eigenvalue weighted by Crippen LogP contribution is 2.34. The van der Waals surface area contributed by atoms with E-state index in [2.05, 4.69) is 5.32 Å². The largest absolute Gasteiger partial charge is 0.454 e. The normalized spacial score (nSPS) is 12.4. The Morgan fingerprint density at radius 2 is 1.62 bits per heavy atom. The molecular weight excluding hydrogens is 392 g/mol. The average molecular weight is 410 g/mol. The number of fused-ring (bicyclic) bond motifs is 1. The molecule has 3 aromatic rings. The number of amides is 1. The van der Waals surface area contributed by atoms with Crippen LogP contribution in [0.15, 0.2) is 77.7 Å². The maximum atomic E-state index is 12.8. The van der Waals surface area contributed by atoms with Crippen LogP contribution >= 0.6 is 0 Å². The van der Waals surface area contributed by atoms with Gasteiger partial charge in [0.25, 0.3) is 15.9 Å². The number of carbonyl (C=O) groups is 1. The maximum Gasteiger partial charge on any atom is 0.264 e. The molecule has 1 N–H and O–H groups in total. The van der Waals surface area contributed by atoms with Gasteiger partial charge in [-0.3, -0.25) is 9.10 Å². The van der Waals surface area contributed by atoms with Crippen LogP contribution in [-0.2, 0) is 10.0 Å². The van der Waals surface area contributed by atoms with E-state index in [4.69, 9.17) is 9.47 Å². The number of ether oxygens (including phenoxy) is 2. The fraction of sp³-hybridized carbons (Fsp3) is 0.0952. The smallest absolute Gasteiger partial charge is 0.264 e. The van der Waals surface area contributed by atoms with Gasteiger partial charge in [-0.05, 0) is 48.5 Å². The Labute approximate surface area is 168 Å². The molecule has 0 unspecified atom stereocenters. The van der Waals surface area contributed by atoms with Gasteiger partial charge in [-0.1, -0.05) is 18.2 Å². The highest BCUT2D eigenvalue weighted by Gasteiger charge is 2.21. The highest BCUT2D eigenvalue weighted by molar-refractivity contribution is 7.92. The number of benzene rings is 3. The van der Waals surface area contributed by atoms with Gasteiger partial charge in [-0.25, -0.2) is 8.42 Å². The average Bonchev–Trinajstić information content (AvgIpc) is 3.22. The summed E-state index contributed by atoms with van der Waals surface area (Å²) in [6.07, 6.45) is 0. The summed E-state index contributed by atoms with van der Waals surface area (Å²) in [5.74, 6) is 0.831. The van der Waals surface area contributed by atoms with Gasteiger partial charge >= 0.3 is 0 Å². The van der Waals surface area contributed by atoms with E-state index in [9.17, 15) is 13.2 Å². The lowest BCUT2D eigenvalue weighted by atomic mass is 10.2. The Balaban J connectivity index is 1.50. The predicted octanol–water partition coefficient (Wildman–Crippen LogP) is 3.49. The molecule has 3 aromatic carbocycles. The molecule has 0 aromatic heterocycles. The van der Waals surface area contributed by atoms with Gasteiger partial charge in [0.2, 0.25) is 6.79 Å². The van der Waals surface area contributed by atoms with Crippen molar-refractivity contribution in [2.75, 3.05) is 23.5 Å². The maximum absolute atomic E-state index is 12.8. The molecule has 0 bridgehead atoms. The van der Waals surface area contributed by atoms with E-state index in [1.165, 1.54) is 35.6 Å². The molecule has 1 aliphatic rings. The number of nitrogens with zero attached hydrogens (tertiary/aromatic N) is 1. The van der Waals surface area contributed by atoms with Crippen LogP contribution < -0.4 is 19.1 Å². The molecular formula is C21H18N2O5S. The van der Waals surface area contributed by atoms with E-state index in [1.807, 2.05) is 6.07 Å². The number of nitrogens with one attached hydrogen (secondary N) is 1. The molecule has 8 heteroatoms. The van der Waals surface area contributed by atoms with Crippen LogP contribution in [0, 0.1) is 0 Å². The van der Waals surface area contributed by atoms with Crippen molar-refractivity contribution >= 4 is 27.3 Å². The lowest BCUT2D eigenvalue weighted by Gasteiger charge is -2.19. The van der Waals surface area contributed by atoms with Crippen molar-refractivity contribution in [2.45, 2.75) is 4.90 Å². The molecule has 0 atom stereocenters. The van der Waals surface area contributed by atoms with Crippen LogP contribution in [0.5, 0.6) is 11.5 Å². The zero-order valence-electron chi connectivity index (χ0n) is 15.5. The second-order valence-electron chi connectivity index (χ2n) is 6.35. The van der Waals surface area contributed by atoms with Crippen molar-refractivity contribution in [1.29, 1.82) is 0 Å². The predicted molar refractivity (Wildman–Crippen MR) is 109 cm³/mol. The van der Waals surface area contributed by atoms with E-state index >= 15 is 0 Å². The summed E-state index contributed by atoms with van der Waals surface area (Å²) < 4.78 is 37.4. The van der Waals surface area contributed by atoms with E-state index in [0.717, 1.165) is 0 Å². The van der Waals surface area contributed by atoms with Crippen LogP contribution in [-0.4, -0.2) is 28.2 Å². The molecule has 148 valence electrons. The molecule has 29 heavy (non-hydrogen) atoms. The third kappa shape index (κ3) is 3.74. The first kappa shape index (κ1) is 18.8. The summed E-state index contributed by atoms with van der Waals surface area (Å²) in [7, 11) is -2.24. The molecule has 0 fully saturated rings. The topological polar surface area (TPSA) is 84.9 Å². The summed E-state index contributed by atoms with van der Waals surface area (Å²) in [6.45, 7) is 0.153. The van der Waals surface area contributed by atoms with Crippen molar-refractivity contribution < 1.29 is 22.7 Å². The molecule has 4 rings (SSSR count). The van der Waals surface area contributed by atoms with Crippen molar-refractivity contribution in [1.82, 2.24) is 0 Å². The number of anilines is 2. The second-order valence-corrected chi connectivity index (χ2v) is 8.32. The summed E-state index contributed by atoms with van der Waals surface area (Å²) >= 11 is 0. The van der Waals surface area contributed by atoms with Gasteiger partial charge in [0.15, 0.2) is 11.5 Å². The van der Waals surface area contributed by atoms with E-state index in [0.29, 0.717) is 28.4 Å². The van der Waals surface area contributed by atoms with Crippen molar-refractivity contribution in [2.24, 2.45) is 0 Å². The lowest BCUT2D eigenvalue weighted by molar-refractivity contribution is 0.102. The molecule has 0 spiro atoms. The Hall–Kier alpha value is -3.52. The van der Waals surface area contributed by atoms with Crippen LogP contribution in [0.3, 0.4) is 0 Å². The zero-order valence-corrected chi connectivity index (χ0v) is 16.3. The molecule has 1 aliphatic heterocycles. The SMILES string of the molecule is CN(c1ccccc1)S(=O)(=O)c1ccc(C(=O)Nc2ccc3c(c2)OCO3)cc1. The van der Waals surface area contributed by atoms with Gasteiger partial charge in [-0.2, -0.15) is 0 Å². The fourth-order valence-electron chi connectivity index (χ4n) is 2.89. The second kappa shape index (κ2) is 7.48. The molecule has 1 heterocycles. The summed E-state index contributed by atoms with van der Waals surface area (Å²) in [6, 6.07) is 19.7. The minimum Gasteiger partial charge on any atom is -0.454 e. The van der Waals surface area contributed by atoms with Crippen LogP contribution in [0.4, 0.5) is 11.4 Å². The van der Waals surface area contributed by atoms with Crippen molar-refractivity contribution in [3.63, 3.8) is 0 Å². The molecule has 1 amide bonds. The molecule has 7 nitrogen and oxygen atoms in total. The van der Waals surface area contributed by atoms with Gasteiger partial charge in [0.1, 0.15) is 0 Å². The van der Waals surface area contributed by atoms with Gasteiger partial charge in [0, 0.05) is 24.4 Å². The van der Waals surface area contributed by atoms with Gasteiger partial charge in [0.05, 0.1) is 10.6 Å². The molecule has 0 radical (unpaired) electrons. The first-order valence-electron chi connectivity index (χ1n) is 8.80. The third-order valence-corrected chi connectivity index (χ3v) is 6.32. The quantitative estimate of drug-likeness (QED) is 0.696. The Morgan fingerprint density at radius 3 is 2.34 bits per heavy atom. The monoisotopic (exact) mass is 410 g/mol. The van der Waals surface area contributed by atoms with E-state index in [-0.39, 0.29) is 17.6 Å². The van der Waals surface area contributed by atoms with Crippen molar-refractivity contribution in [3.05, 3.63) is 78.4 Å². The standard InChI is InChI=1S/C21H18N2O5S/c1-23(17-5-3-2-4-6-17)29(25,26)18-10-7-15(8-11-18)21(24)22-16-9-12-19-20(13-16)28-14-27-19/h2-13H,14H2,1H3,(H,22,24). The van der Waals surface area contributed by atoms with E-state index < -0.39 is 10.0 Å². The zero-order chi connectivity index (χ0) is 20.4. The minimum atomic E-state index is -3.73. The van der Waals surface area contributed by atoms with Crippen molar-refractivity contribution in [3.8, 4) is 11.5 Å². The van der Waals surface area contributed by atoms with Crippen LogP contribution in [0.1, 0.15) is 10.4 Å². The molecule has 0 saturated heterocycles. The summed E-state index contributed by atoms with van der Waals surface area (Å²) in [4.78, 5) is 12.6. The number of para-hydroxylation sites is 1. The highest BCUT2D eigenvalue weighted by atomic mass is 32.2. The number of hydrogen-bond donors (Lipinski definition) is 1. The lowest BCUT2D eigenvalue weighted by Crippen LogP contribution is -2.26. The van der Waals surface area contributed by atoms with Gasteiger partial charge in [-0.15, -0.1) is 0 Å². The Morgan fingerprint density at radius 1 is 0.931 bits per heavy atom. The first-order valence-corrected chi connectivity index (χ1v) is 10.2. The van der Waals surface area contributed by atoms with Crippen LogP contribution in [0.25, 0.3) is 0 Å². The molecule has 0 aliphatic carbocycles.